The van der Waals surface area contributed by atoms with Crippen molar-refractivity contribution in [1.29, 1.82) is 0 Å². The molecule has 0 aromatic carbocycles. The van der Waals surface area contributed by atoms with E-state index in [1.54, 1.807) is 0 Å². The number of aromatic nitrogens is 4. The second-order valence-corrected chi connectivity index (χ2v) is 5.16. The van der Waals surface area contributed by atoms with Crippen LogP contribution in [0, 0.1) is 0 Å². The molecule has 0 radical (unpaired) electrons. The van der Waals surface area contributed by atoms with Gasteiger partial charge in [-0.05, 0) is 25.3 Å². The second kappa shape index (κ2) is 3.55. The highest BCUT2D eigenvalue weighted by molar-refractivity contribution is 6.04. The van der Waals surface area contributed by atoms with Gasteiger partial charge in [0, 0.05) is 34.6 Å². The molecule has 5 heteroatoms. The molecule has 3 aromatic rings. The third-order valence-electron chi connectivity index (χ3n) is 4.02. The molecule has 92 valence electrons. The molecular formula is C13H15N5. The maximum absolute atomic E-state index is 6.02. The maximum atomic E-state index is 6.02. The van der Waals surface area contributed by atoms with E-state index in [1.165, 1.54) is 11.1 Å². The summed E-state index contributed by atoms with van der Waals surface area (Å²) >= 11 is 0. The van der Waals surface area contributed by atoms with Crippen LogP contribution in [-0.4, -0.2) is 26.2 Å². The number of fused-ring (bicyclic) bond motifs is 3. The fraction of sp³-hybridized carbons (Fsp3) is 0.385. The average molecular weight is 241 g/mol. The number of nitrogens with two attached hydrogens (primary N) is 1. The summed E-state index contributed by atoms with van der Waals surface area (Å²) in [6, 6.07) is 2.37. The molecule has 0 aliphatic heterocycles. The lowest BCUT2D eigenvalue weighted by molar-refractivity contribution is 0.663. The van der Waals surface area contributed by atoms with Crippen molar-refractivity contribution in [2.75, 3.05) is 0 Å². The van der Waals surface area contributed by atoms with Gasteiger partial charge in [-0.1, -0.05) is 0 Å². The van der Waals surface area contributed by atoms with Crippen LogP contribution in [-0.2, 0) is 0 Å². The smallest absolute Gasteiger partial charge is 0.159 e. The highest BCUT2D eigenvalue weighted by Gasteiger charge is 2.26. The van der Waals surface area contributed by atoms with E-state index in [4.69, 9.17) is 5.73 Å². The molecule has 1 aliphatic carbocycles. The quantitative estimate of drug-likeness (QED) is 0.609. The summed E-state index contributed by atoms with van der Waals surface area (Å²) in [6.45, 7) is 0. The van der Waals surface area contributed by atoms with Crippen LogP contribution in [0.4, 0.5) is 0 Å². The van der Waals surface area contributed by atoms with Gasteiger partial charge in [0.05, 0.1) is 11.7 Å². The third-order valence-corrected chi connectivity index (χ3v) is 4.02. The Morgan fingerprint density at radius 2 is 2.17 bits per heavy atom. The van der Waals surface area contributed by atoms with E-state index in [9.17, 15) is 0 Å². The molecule has 1 saturated carbocycles. The Morgan fingerprint density at radius 3 is 3.00 bits per heavy atom. The molecule has 0 amide bonds. The van der Waals surface area contributed by atoms with Gasteiger partial charge in [0.2, 0.25) is 0 Å². The summed E-state index contributed by atoms with van der Waals surface area (Å²) in [5, 5.41) is 8.87. The molecule has 5 nitrogen and oxygen atoms in total. The van der Waals surface area contributed by atoms with E-state index in [0.717, 1.165) is 35.8 Å². The molecule has 0 spiro atoms. The fourth-order valence-electron chi connectivity index (χ4n) is 3.13. The fourth-order valence-corrected chi connectivity index (χ4v) is 3.13. The van der Waals surface area contributed by atoms with Crippen LogP contribution in [0.15, 0.2) is 18.5 Å². The van der Waals surface area contributed by atoms with Crippen LogP contribution in [0.1, 0.15) is 30.9 Å². The van der Waals surface area contributed by atoms with Crippen molar-refractivity contribution in [1.82, 2.24) is 20.2 Å². The number of rotatable bonds is 1. The Balaban J connectivity index is 1.97. The third kappa shape index (κ3) is 1.31. The molecule has 2 atom stereocenters. The minimum Gasteiger partial charge on any atom is -0.328 e. The largest absolute Gasteiger partial charge is 0.328 e. The van der Waals surface area contributed by atoms with Crippen LogP contribution in [0.2, 0.25) is 0 Å². The molecular weight excluding hydrogens is 226 g/mol. The Kier molecular flexibility index (Phi) is 1.99. The lowest BCUT2D eigenvalue weighted by Gasteiger charge is -2.07. The highest BCUT2D eigenvalue weighted by atomic mass is 15.1. The average Bonchev–Trinajstić information content (AvgIpc) is 3.03. The molecule has 1 aliphatic rings. The number of aromatic amines is 2. The molecule has 3 heterocycles. The van der Waals surface area contributed by atoms with E-state index in [-0.39, 0.29) is 0 Å². The van der Waals surface area contributed by atoms with Gasteiger partial charge in [-0.3, -0.25) is 5.10 Å². The summed E-state index contributed by atoms with van der Waals surface area (Å²) < 4.78 is 0. The number of nitrogens with one attached hydrogen (secondary N) is 2. The zero-order chi connectivity index (χ0) is 12.1. The van der Waals surface area contributed by atoms with E-state index in [0.29, 0.717) is 12.0 Å². The lowest BCUT2D eigenvalue weighted by atomic mass is 9.99. The number of H-pyrrole nitrogens is 2. The van der Waals surface area contributed by atoms with Crippen molar-refractivity contribution in [3.05, 3.63) is 24.2 Å². The van der Waals surface area contributed by atoms with Crippen LogP contribution < -0.4 is 5.73 Å². The van der Waals surface area contributed by atoms with Crippen LogP contribution in [0.25, 0.3) is 21.9 Å². The van der Waals surface area contributed by atoms with Gasteiger partial charge in [0.1, 0.15) is 0 Å². The number of nitrogens with zero attached hydrogens (tertiary/aromatic N) is 2. The van der Waals surface area contributed by atoms with Gasteiger partial charge in [-0.2, -0.15) is 0 Å². The zero-order valence-corrected chi connectivity index (χ0v) is 9.98. The van der Waals surface area contributed by atoms with Crippen molar-refractivity contribution >= 4 is 21.9 Å². The zero-order valence-electron chi connectivity index (χ0n) is 9.98. The van der Waals surface area contributed by atoms with Gasteiger partial charge in [-0.25, -0.2) is 9.97 Å². The van der Waals surface area contributed by atoms with Crippen molar-refractivity contribution in [3.63, 3.8) is 0 Å². The van der Waals surface area contributed by atoms with E-state index in [1.807, 2.05) is 18.5 Å². The summed E-state index contributed by atoms with van der Waals surface area (Å²) in [6.07, 6.45) is 6.98. The van der Waals surface area contributed by atoms with Crippen molar-refractivity contribution in [2.24, 2.45) is 5.73 Å². The first-order valence-electron chi connectivity index (χ1n) is 6.38. The summed E-state index contributed by atoms with van der Waals surface area (Å²) in [7, 11) is 0. The van der Waals surface area contributed by atoms with Gasteiger partial charge in [0.15, 0.2) is 5.65 Å². The molecule has 4 rings (SSSR count). The monoisotopic (exact) mass is 241 g/mol. The Morgan fingerprint density at radius 1 is 1.22 bits per heavy atom. The van der Waals surface area contributed by atoms with E-state index < -0.39 is 0 Å². The van der Waals surface area contributed by atoms with Crippen LogP contribution in [0.5, 0.6) is 0 Å². The van der Waals surface area contributed by atoms with Gasteiger partial charge < -0.3 is 10.8 Å². The number of hydrogen-bond donors (Lipinski definition) is 3. The molecule has 3 aromatic heterocycles. The summed E-state index contributed by atoms with van der Waals surface area (Å²) in [4.78, 5) is 8.60. The van der Waals surface area contributed by atoms with Gasteiger partial charge >= 0.3 is 0 Å². The topological polar surface area (TPSA) is 83.4 Å². The SMILES string of the molecule is N[C@@H]1CCC(c2[nH][nH]c3cnc4nccc4c23)C1. The Labute approximate surface area is 104 Å². The van der Waals surface area contributed by atoms with Crippen molar-refractivity contribution in [2.45, 2.75) is 31.2 Å². The van der Waals surface area contributed by atoms with Gasteiger partial charge in [-0.15, -0.1) is 0 Å². The van der Waals surface area contributed by atoms with Crippen molar-refractivity contribution < 1.29 is 0 Å². The Bertz CT molecular complexity index is 710. The first-order valence-corrected chi connectivity index (χ1v) is 6.38. The minimum absolute atomic E-state index is 0.337. The van der Waals surface area contributed by atoms with Crippen LogP contribution >= 0.6 is 0 Å². The standard InChI is InChI=1S/C13H15N5/c14-8-2-1-7(5-8)12-11-9-3-4-15-13(9)16-6-10(11)17-18-12/h3-4,6-8,17-18H,1-2,5,14H2/t7?,8-/m1/s1. The van der Waals surface area contributed by atoms with Crippen molar-refractivity contribution in [3.8, 4) is 0 Å². The lowest BCUT2D eigenvalue weighted by Crippen LogP contribution is -2.14. The van der Waals surface area contributed by atoms with E-state index in [2.05, 4.69) is 20.2 Å². The predicted octanol–water partition coefficient (Wildman–Crippen LogP) is 2.03. The number of pyridine rings is 1. The first-order chi connectivity index (χ1) is 8.83. The number of hydrogen-bond acceptors (Lipinski definition) is 3. The normalized spacial score (nSPS) is 24.3. The van der Waals surface area contributed by atoms with Gasteiger partial charge in [0.25, 0.3) is 0 Å². The second-order valence-electron chi connectivity index (χ2n) is 5.16. The molecule has 18 heavy (non-hydrogen) atoms. The van der Waals surface area contributed by atoms with Crippen LogP contribution in [0.3, 0.4) is 0 Å². The predicted molar refractivity (Wildman–Crippen MR) is 70.3 cm³/mol. The highest BCUT2D eigenvalue weighted by Crippen LogP contribution is 2.37. The maximum Gasteiger partial charge on any atom is 0.159 e. The molecule has 1 fully saturated rings. The minimum atomic E-state index is 0.337. The summed E-state index contributed by atoms with van der Waals surface area (Å²) in [5.41, 5.74) is 9.15. The summed E-state index contributed by atoms with van der Waals surface area (Å²) in [5.74, 6) is 0.522. The molecule has 1 unspecified atom stereocenters. The Hall–Kier alpha value is -1.88. The van der Waals surface area contributed by atoms with E-state index >= 15 is 0 Å². The molecule has 0 bridgehead atoms. The molecule has 4 N–H and O–H groups in total. The first kappa shape index (κ1) is 10.1. The molecule has 0 saturated heterocycles.